The molecule has 1 aromatic carbocycles. The minimum absolute atomic E-state index is 0.0116. The normalized spacial score (nSPS) is 12.4. The lowest BCUT2D eigenvalue weighted by Gasteiger charge is -2.27. The number of hydrogen-bond acceptors (Lipinski definition) is 5. The van der Waals surface area contributed by atoms with Gasteiger partial charge in [0.25, 0.3) is 0 Å². The van der Waals surface area contributed by atoms with Crippen molar-refractivity contribution in [2.45, 2.75) is 6.54 Å². The number of rotatable bonds is 2. The van der Waals surface area contributed by atoms with Crippen molar-refractivity contribution in [1.29, 1.82) is 0 Å². The van der Waals surface area contributed by atoms with Crippen LogP contribution in [0.5, 0.6) is 11.6 Å². The number of hydrogen-bond donors (Lipinski definition) is 2. The van der Waals surface area contributed by atoms with Gasteiger partial charge in [-0.25, -0.2) is 0 Å². The number of nitrogens with zero attached hydrogens (tertiary/aromatic N) is 3. The Kier molecular flexibility index (Phi) is 2.51. The van der Waals surface area contributed by atoms with E-state index in [-0.39, 0.29) is 5.88 Å². The zero-order valence-corrected chi connectivity index (χ0v) is 11.1. The number of aromatic hydroxyl groups is 1. The van der Waals surface area contributed by atoms with Gasteiger partial charge in [-0.2, -0.15) is 4.98 Å². The van der Waals surface area contributed by atoms with Crippen molar-refractivity contribution in [3.8, 4) is 17.3 Å². The van der Waals surface area contributed by atoms with Crippen LogP contribution in [-0.2, 0) is 6.54 Å². The molecular weight excluding hydrogens is 244 g/mol. The summed E-state index contributed by atoms with van der Waals surface area (Å²) in [6, 6.07) is 3.91. The average Bonchev–Trinajstić information content (AvgIpc) is 2.77. The van der Waals surface area contributed by atoms with Crippen molar-refractivity contribution in [3.05, 3.63) is 23.9 Å². The number of imidazole rings is 1. The molecule has 0 aliphatic carbocycles. The summed E-state index contributed by atoms with van der Waals surface area (Å²) in [5.41, 5.74) is 3.16. The summed E-state index contributed by atoms with van der Waals surface area (Å²) in [6.07, 6.45) is 1.60. The summed E-state index contributed by atoms with van der Waals surface area (Å²) in [5.74, 6) is 1.50. The predicted molar refractivity (Wildman–Crippen MR) is 73.4 cm³/mol. The van der Waals surface area contributed by atoms with Gasteiger partial charge in [-0.3, -0.25) is 4.57 Å². The molecule has 0 unspecified atom stereocenters. The van der Waals surface area contributed by atoms with Crippen LogP contribution in [0.1, 0.15) is 5.56 Å². The van der Waals surface area contributed by atoms with Gasteiger partial charge in [0.05, 0.1) is 24.7 Å². The quantitative estimate of drug-likeness (QED) is 0.858. The third-order valence-corrected chi connectivity index (χ3v) is 3.26. The first-order valence-electron chi connectivity index (χ1n) is 6.01. The van der Waals surface area contributed by atoms with E-state index in [0.29, 0.717) is 12.5 Å². The number of aromatic nitrogens is 2. The van der Waals surface area contributed by atoms with E-state index >= 15 is 0 Å². The molecule has 1 aromatic heterocycles. The Morgan fingerprint density at radius 2 is 2.21 bits per heavy atom. The second-order valence-corrected chi connectivity index (χ2v) is 4.65. The molecule has 0 fully saturated rings. The van der Waals surface area contributed by atoms with Crippen molar-refractivity contribution in [2.75, 3.05) is 31.4 Å². The van der Waals surface area contributed by atoms with Gasteiger partial charge < -0.3 is 20.1 Å². The van der Waals surface area contributed by atoms with E-state index in [0.717, 1.165) is 22.7 Å². The largest absolute Gasteiger partial charge is 0.495 e. The number of benzene rings is 1. The van der Waals surface area contributed by atoms with E-state index in [1.165, 1.54) is 0 Å². The van der Waals surface area contributed by atoms with Crippen LogP contribution in [0, 0.1) is 0 Å². The average molecular weight is 260 g/mol. The van der Waals surface area contributed by atoms with Gasteiger partial charge in [-0.15, -0.1) is 0 Å². The van der Waals surface area contributed by atoms with E-state index in [9.17, 15) is 5.11 Å². The summed E-state index contributed by atoms with van der Waals surface area (Å²) in [7, 11) is 5.64. The van der Waals surface area contributed by atoms with Crippen LogP contribution in [-0.4, -0.2) is 35.9 Å². The Labute approximate surface area is 111 Å². The minimum atomic E-state index is 0.0116. The molecule has 0 radical (unpaired) electrons. The maximum absolute atomic E-state index is 9.52. The minimum Gasteiger partial charge on any atom is -0.495 e. The summed E-state index contributed by atoms with van der Waals surface area (Å²) in [6.45, 7) is 0.649. The molecule has 2 aromatic rings. The molecule has 6 heteroatoms. The summed E-state index contributed by atoms with van der Waals surface area (Å²) >= 11 is 0. The van der Waals surface area contributed by atoms with E-state index in [4.69, 9.17) is 4.74 Å². The zero-order chi connectivity index (χ0) is 13.6. The van der Waals surface area contributed by atoms with E-state index < -0.39 is 0 Å². The van der Waals surface area contributed by atoms with Gasteiger partial charge in [0, 0.05) is 26.2 Å². The number of anilines is 2. The highest BCUT2D eigenvalue weighted by molar-refractivity contribution is 5.72. The first-order valence-corrected chi connectivity index (χ1v) is 6.01. The topological polar surface area (TPSA) is 62.6 Å². The summed E-state index contributed by atoms with van der Waals surface area (Å²) in [5, 5.41) is 12.7. The molecule has 0 spiro atoms. The maximum Gasteiger partial charge on any atom is 0.231 e. The van der Waals surface area contributed by atoms with Crippen LogP contribution < -0.4 is 15.0 Å². The third kappa shape index (κ3) is 1.68. The molecular formula is C13H16N4O2. The van der Waals surface area contributed by atoms with Crippen LogP contribution >= 0.6 is 0 Å². The van der Waals surface area contributed by atoms with Gasteiger partial charge in [0.15, 0.2) is 0 Å². The fourth-order valence-electron chi connectivity index (χ4n) is 2.50. The Hall–Kier alpha value is -2.37. The van der Waals surface area contributed by atoms with E-state index in [1.54, 1.807) is 13.3 Å². The van der Waals surface area contributed by atoms with E-state index in [2.05, 4.69) is 10.3 Å². The molecule has 3 rings (SSSR count). The Morgan fingerprint density at radius 1 is 1.42 bits per heavy atom. The summed E-state index contributed by atoms with van der Waals surface area (Å²) < 4.78 is 7.27. The fraction of sp³-hybridized carbons (Fsp3) is 0.308. The van der Waals surface area contributed by atoms with Crippen LogP contribution in [0.3, 0.4) is 0 Å². The number of methoxy groups -OCH3 is 1. The van der Waals surface area contributed by atoms with Crippen LogP contribution in [0.25, 0.3) is 5.69 Å². The lowest BCUT2D eigenvalue weighted by atomic mass is 10.1. The lowest BCUT2D eigenvalue weighted by Crippen LogP contribution is -2.20. The second-order valence-electron chi connectivity index (χ2n) is 4.65. The Balaban J connectivity index is 2.25. The van der Waals surface area contributed by atoms with Crippen molar-refractivity contribution in [3.63, 3.8) is 0 Å². The number of ether oxygens (including phenoxy) is 1. The summed E-state index contributed by atoms with van der Waals surface area (Å²) in [4.78, 5) is 6.06. The number of nitrogens with one attached hydrogen (secondary N) is 1. The van der Waals surface area contributed by atoms with Gasteiger partial charge in [0.1, 0.15) is 5.75 Å². The number of fused-ring (bicyclic) bond motifs is 3. The molecule has 1 aliphatic rings. The van der Waals surface area contributed by atoms with Crippen molar-refractivity contribution >= 4 is 11.6 Å². The first kappa shape index (κ1) is 11.7. The molecule has 0 atom stereocenters. The smallest absolute Gasteiger partial charge is 0.231 e. The van der Waals surface area contributed by atoms with Gasteiger partial charge >= 0.3 is 0 Å². The molecule has 2 heterocycles. The molecule has 1 aliphatic heterocycles. The molecule has 2 N–H and O–H groups in total. The molecule has 19 heavy (non-hydrogen) atoms. The Morgan fingerprint density at radius 3 is 2.89 bits per heavy atom. The zero-order valence-electron chi connectivity index (χ0n) is 11.1. The molecule has 0 bridgehead atoms. The SMILES string of the molecule is COc1ccc2c(c1N(C)C)CNc1nc(O)cn1-2. The van der Waals surface area contributed by atoms with Crippen LogP contribution in [0.4, 0.5) is 11.6 Å². The van der Waals surface area contributed by atoms with Gasteiger partial charge in [0.2, 0.25) is 11.8 Å². The predicted octanol–water partition coefficient (Wildman–Crippen LogP) is 1.58. The van der Waals surface area contributed by atoms with Gasteiger partial charge in [-0.1, -0.05) is 0 Å². The van der Waals surface area contributed by atoms with Crippen molar-refractivity contribution in [2.24, 2.45) is 0 Å². The molecule has 0 amide bonds. The third-order valence-electron chi connectivity index (χ3n) is 3.26. The molecule has 100 valence electrons. The van der Waals surface area contributed by atoms with Gasteiger partial charge in [-0.05, 0) is 12.1 Å². The van der Waals surface area contributed by atoms with E-state index in [1.807, 2.05) is 35.7 Å². The Bertz CT molecular complexity index is 634. The first-order chi connectivity index (χ1) is 9.11. The van der Waals surface area contributed by atoms with Crippen molar-refractivity contribution in [1.82, 2.24) is 9.55 Å². The molecule has 0 saturated carbocycles. The fourth-order valence-corrected chi connectivity index (χ4v) is 2.50. The molecule has 0 saturated heterocycles. The molecule has 6 nitrogen and oxygen atoms in total. The highest BCUT2D eigenvalue weighted by Gasteiger charge is 2.23. The van der Waals surface area contributed by atoms with Crippen molar-refractivity contribution < 1.29 is 9.84 Å². The maximum atomic E-state index is 9.52. The van der Waals surface area contributed by atoms with Crippen LogP contribution in [0.2, 0.25) is 0 Å². The highest BCUT2D eigenvalue weighted by Crippen LogP contribution is 2.39. The van der Waals surface area contributed by atoms with Crippen LogP contribution in [0.15, 0.2) is 18.3 Å². The monoisotopic (exact) mass is 260 g/mol. The standard InChI is InChI=1S/C13H16N4O2/c1-16(2)12-8-6-14-13-15-11(18)7-17(13)9(8)4-5-10(12)19-3/h4-5,7,18H,6H2,1-3H3,(H,14,15). The highest BCUT2D eigenvalue weighted by atomic mass is 16.5. The lowest BCUT2D eigenvalue weighted by molar-refractivity contribution is 0.415. The second kappa shape index (κ2) is 4.08.